The minimum absolute atomic E-state index is 0.0970. The summed E-state index contributed by atoms with van der Waals surface area (Å²) in [5.74, 6) is -1.44. The molecule has 182 valence electrons. The zero-order chi connectivity index (χ0) is 24.2. The second-order valence-electron chi connectivity index (χ2n) is 9.84. The predicted octanol–water partition coefficient (Wildman–Crippen LogP) is 4.76. The molecule has 3 aliphatic rings. The number of rotatable bonds is 6. The minimum atomic E-state index is -2.98. The van der Waals surface area contributed by atoms with Gasteiger partial charge in [0.2, 0.25) is 5.96 Å². The van der Waals surface area contributed by atoms with Crippen molar-refractivity contribution in [2.45, 2.75) is 75.2 Å². The van der Waals surface area contributed by atoms with Crippen molar-refractivity contribution in [3.8, 4) is 0 Å². The Bertz CT molecular complexity index is 1120. The van der Waals surface area contributed by atoms with Crippen LogP contribution in [0.2, 0.25) is 0 Å². The Balaban J connectivity index is 1.54. The summed E-state index contributed by atoms with van der Waals surface area (Å²) in [7, 11) is 1.77. The average Bonchev–Trinajstić information content (AvgIpc) is 3.52. The van der Waals surface area contributed by atoms with Crippen LogP contribution in [0.1, 0.15) is 68.1 Å². The van der Waals surface area contributed by atoms with Crippen molar-refractivity contribution in [3.63, 3.8) is 0 Å². The molecule has 2 aromatic heterocycles. The largest absolute Gasteiger partial charge is 0.292 e. The number of fused-ring (bicyclic) bond motifs is 3. The number of aromatic nitrogens is 3. The Morgan fingerprint density at radius 1 is 1.24 bits per heavy atom. The molecule has 0 bridgehead atoms. The molecular formula is C24H30F2N6OS. The molecule has 1 fully saturated rings. The van der Waals surface area contributed by atoms with Crippen molar-refractivity contribution in [3.05, 3.63) is 35.2 Å². The van der Waals surface area contributed by atoms with Gasteiger partial charge in [-0.2, -0.15) is 13.9 Å². The molecule has 1 saturated carbocycles. The Hall–Kier alpha value is -2.49. The van der Waals surface area contributed by atoms with E-state index in [2.05, 4.69) is 23.7 Å². The first-order chi connectivity index (χ1) is 16.1. The van der Waals surface area contributed by atoms with Gasteiger partial charge < -0.3 is 0 Å². The number of thioether (sulfide) groups is 1. The fourth-order valence-corrected chi connectivity index (χ4v) is 6.16. The number of aliphatic imine (C=N–C) groups is 1. The van der Waals surface area contributed by atoms with E-state index in [1.54, 1.807) is 29.8 Å². The molecular weight excluding hydrogens is 458 g/mol. The maximum absolute atomic E-state index is 13.6. The van der Waals surface area contributed by atoms with E-state index in [0.717, 1.165) is 30.4 Å². The van der Waals surface area contributed by atoms with Gasteiger partial charge in [-0.25, -0.2) is 4.99 Å². The fraction of sp³-hybridized carbons (Fsp3) is 0.583. The molecule has 1 amide bonds. The summed E-state index contributed by atoms with van der Waals surface area (Å²) < 4.78 is 29.1. The average molecular weight is 489 g/mol. The summed E-state index contributed by atoms with van der Waals surface area (Å²) in [6, 6.07) is 3.12. The van der Waals surface area contributed by atoms with Crippen molar-refractivity contribution in [1.82, 2.24) is 19.7 Å². The molecule has 4 heterocycles. The molecule has 0 saturated heterocycles. The topological polar surface area (TPSA) is 66.6 Å². The number of hydrogen-bond acceptors (Lipinski definition) is 6. The van der Waals surface area contributed by atoms with Gasteiger partial charge in [0.1, 0.15) is 16.3 Å². The van der Waals surface area contributed by atoms with Crippen LogP contribution in [0.3, 0.4) is 0 Å². The van der Waals surface area contributed by atoms with Gasteiger partial charge in [-0.1, -0.05) is 32.8 Å². The van der Waals surface area contributed by atoms with Gasteiger partial charge in [-0.05, 0) is 30.4 Å². The van der Waals surface area contributed by atoms with Crippen molar-refractivity contribution < 1.29 is 13.6 Å². The lowest BCUT2D eigenvalue weighted by molar-refractivity contribution is 0.0127. The number of alkyl halides is 2. The van der Waals surface area contributed by atoms with Crippen LogP contribution in [-0.2, 0) is 12.5 Å². The number of amides is 1. The van der Waals surface area contributed by atoms with E-state index in [0.29, 0.717) is 41.6 Å². The summed E-state index contributed by atoms with van der Waals surface area (Å²) in [5.41, 5.74) is 1.12. The number of pyridine rings is 1. The van der Waals surface area contributed by atoms with Crippen LogP contribution < -0.4 is 4.90 Å². The standard InChI is InChI=1S/C24H30F2N6OS/c1-14(2)17-13-31-20-19(21(33)30(4)23(31)28-17)22(34-16-7-5-6-8-16)32(29-20)12-15-9-10-18(27-11-15)24(3,25)26/h9-11,14,16-17H,5-8,12-13H2,1-4H3/t17-/m0/s1. The molecule has 0 radical (unpaired) electrons. The molecule has 2 aliphatic heterocycles. The van der Waals surface area contributed by atoms with Crippen LogP contribution in [0.5, 0.6) is 0 Å². The van der Waals surface area contributed by atoms with Crippen molar-refractivity contribution >= 4 is 29.4 Å². The maximum Gasteiger partial charge on any atom is 0.286 e. The fourth-order valence-electron chi connectivity index (χ4n) is 4.75. The van der Waals surface area contributed by atoms with Crippen molar-refractivity contribution in [1.29, 1.82) is 0 Å². The lowest BCUT2D eigenvalue weighted by atomic mass is 10.1. The molecule has 1 aliphatic carbocycles. The van der Waals surface area contributed by atoms with Gasteiger partial charge in [0.25, 0.3) is 11.8 Å². The van der Waals surface area contributed by atoms with Gasteiger partial charge in [-0.3, -0.25) is 24.3 Å². The molecule has 10 heteroatoms. The Morgan fingerprint density at radius 3 is 2.59 bits per heavy atom. The summed E-state index contributed by atoms with van der Waals surface area (Å²) in [6.07, 6.45) is 6.09. The van der Waals surface area contributed by atoms with Crippen LogP contribution in [0, 0.1) is 5.92 Å². The number of carbonyl (C=O) groups excluding carboxylic acids is 1. The van der Waals surface area contributed by atoms with Gasteiger partial charge in [-0.15, -0.1) is 11.8 Å². The second-order valence-corrected chi connectivity index (χ2v) is 11.1. The van der Waals surface area contributed by atoms with E-state index in [-0.39, 0.29) is 17.6 Å². The predicted molar refractivity (Wildman–Crippen MR) is 129 cm³/mol. The number of halogens is 2. The normalized spacial score (nSPS) is 20.9. The monoisotopic (exact) mass is 488 g/mol. The smallest absolute Gasteiger partial charge is 0.286 e. The number of anilines is 1. The number of carbonyl (C=O) groups is 1. The lowest BCUT2D eigenvalue weighted by Gasteiger charge is -2.30. The van der Waals surface area contributed by atoms with Gasteiger partial charge in [0.05, 0.1) is 19.1 Å². The minimum Gasteiger partial charge on any atom is -0.292 e. The molecule has 0 aromatic carbocycles. The maximum atomic E-state index is 13.6. The van der Waals surface area contributed by atoms with Crippen molar-refractivity contribution in [2.24, 2.45) is 10.9 Å². The first-order valence-electron chi connectivity index (χ1n) is 11.9. The highest BCUT2D eigenvalue weighted by molar-refractivity contribution is 8.00. The molecule has 0 N–H and O–H groups in total. The molecule has 0 unspecified atom stereocenters. The number of hydrogen-bond donors (Lipinski definition) is 0. The van der Waals surface area contributed by atoms with E-state index in [4.69, 9.17) is 10.1 Å². The molecule has 0 spiro atoms. The molecule has 2 aromatic rings. The van der Waals surface area contributed by atoms with E-state index in [1.807, 2.05) is 4.68 Å². The van der Waals surface area contributed by atoms with Gasteiger partial charge in [0, 0.05) is 25.4 Å². The van der Waals surface area contributed by atoms with Crippen LogP contribution in [0.4, 0.5) is 14.6 Å². The third kappa shape index (κ3) is 4.10. The van der Waals surface area contributed by atoms with E-state index in [9.17, 15) is 13.6 Å². The highest BCUT2D eigenvalue weighted by Crippen LogP contribution is 2.42. The van der Waals surface area contributed by atoms with Crippen molar-refractivity contribution in [2.75, 3.05) is 18.5 Å². The highest BCUT2D eigenvalue weighted by atomic mass is 32.2. The van der Waals surface area contributed by atoms with Gasteiger partial charge in [0.15, 0.2) is 5.82 Å². The summed E-state index contributed by atoms with van der Waals surface area (Å²) >= 11 is 1.72. The zero-order valence-corrected chi connectivity index (χ0v) is 20.8. The quantitative estimate of drug-likeness (QED) is 0.587. The molecule has 5 rings (SSSR count). The Morgan fingerprint density at radius 2 is 1.97 bits per heavy atom. The van der Waals surface area contributed by atoms with E-state index in [1.165, 1.54) is 25.1 Å². The van der Waals surface area contributed by atoms with Crippen LogP contribution in [0.25, 0.3) is 0 Å². The molecule has 7 nitrogen and oxygen atoms in total. The lowest BCUT2D eigenvalue weighted by Crippen LogP contribution is -2.48. The first-order valence-corrected chi connectivity index (χ1v) is 12.8. The van der Waals surface area contributed by atoms with Crippen LogP contribution in [-0.4, -0.2) is 56.4 Å². The van der Waals surface area contributed by atoms with Crippen LogP contribution in [0.15, 0.2) is 28.3 Å². The molecule has 1 atom stereocenters. The van der Waals surface area contributed by atoms with E-state index < -0.39 is 5.92 Å². The third-order valence-corrected chi connectivity index (χ3v) is 8.25. The summed E-state index contributed by atoms with van der Waals surface area (Å²) in [6.45, 7) is 6.15. The Labute approximate surface area is 202 Å². The van der Waals surface area contributed by atoms with Gasteiger partial charge >= 0.3 is 0 Å². The van der Waals surface area contributed by atoms with Crippen LogP contribution >= 0.6 is 11.8 Å². The summed E-state index contributed by atoms with van der Waals surface area (Å²) in [4.78, 5) is 26.0. The first kappa shape index (κ1) is 23.3. The zero-order valence-electron chi connectivity index (χ0n) is 20.0. The summed E-state index contributed by atoms with van der Waals surface area (Å²) in [5, 5.41) is 6.18. The third-order valence-electron chi connectivity index (χ3n) is 6.81. The SMILES string of the molecule is CC(C)[C@@H]1CN2C(=N1)N(C)C(=O)c1c2nn(Cc2ccc(C(C)(F)F)nc2)c1SC1CCCC1. The number of nitrogens with zero attached hydrogens (tertiary/aromatic N) is 6. The Kier molecular flexibility index (Phi) is 5.90. The molecule has 34 heavy (non-hydrogen) atoms. The highest BCUT2D eigenvalue weighted by Gasteiger charge is 2.43. The van der Waals surface area contributed by atoms with E-state index >= 15 is 0 Å². The number of guanidine groups is 1. The second kappa shape index (κ2) is 8.62.